The maximum absolute atomic E-state index is 12.7. The van der Waals surface area contributed by atoms with Crippen LogP contribution in [0.25, 0.3) is 0 Å². The maximum atomic E-state index is 12.7. The van der Waals surface area contributed by atoms with Gasteiger partial charge >= 0.3 is 0 Å². The Morgan fingerprint density at radius 2 is 2.05 bits per heavy atom. The molecule has 21 heavy (non-hydrogen) atoms. The van der Waals surface area contributed by atoms with Crippen LogP contribution < -0.4 is 9.47 Å². The largest absolute Gasteiger partial charge is 0.497 e. The number of carbonyl (C=O) groups excluding carboxylic acids is 1. The summed E-state index contributed by atoms with van der Waals surface area (Å²) in [6.07, 6.45) is 0.737. The third-order valence-electron chi connectivity index (χ3n) is 3.95. The lowest BCUT2D eigenvalue weighted by Crippen LogP contribution is -2.28. The predicted octanol–water partition coefficient (Wildman–Crippen LogP) is 3.44. The van der Waals surface area contributed by atoms with Gasteiger partial charge in [0.1, 0.15) is 11.5 Å². The molecule has 1 aliphatic heterocycles. The summed E-state index contributed by atoms with van der Waals surface area (Å²) in [6, 6.07) is 13.5. The van der Waals surface area contributed by atoms with Crippen molar-refractivity contribution in [1.82, 2.24) is 0 Å². The van der Waals surface area contributed by atoms with Gasteiger partial charge in [0.25, 0.3) is 0 Å². The van der Waals surface area contributed by atoms with Crippen LogP contribution in [0.3, 0.4) is 0 Å². The number of Topliss-reactive ketones (excluding diaryl/α,β-unsaturated/α-hetero) is 1. The molecule has 3 nitrogen and oxygen atoms in total. The Kier molecular flexibility index (Phi) is 3.65. The van der Waals surface area contributed by atoms with Crippen LogP contribution in [0.2, 0.25) is 0 Å². The highest BCUT2D eigenvalue weighted by atomic mass is 16.5. The van der Waals surface area contributed by atoms with Gasteiger partial charge in [0.2, 0.25) is 0 Å². The Morgan fingerprint density at radius 1 is 1.24 bits per heavy atom. The molecule has 2 aromatic carbocycles. The number of hydrogen-bond acceptors (Lipinski definition) is 3. The molecule has 0 radical (unpaired) electrons. The molecule has 0 saturated carbocycles. The van der Waals surface area contributed by atoms with Crippen molar-refractivity contribution in [3.8, 4) is 11.5 Å². The second-order valence-electron chi connectivity index (χ2n) is 5.36. The lowest BCUT2D eigenvalue weighted by atomic mass is 9.88. The molecule has 1 heterocycles. The zero-order valence-electron chi connectivity index (χ0n) is 12.3. The number of carbonyl (C=O) groups is 1. The Balaban J connectivity index is 1.84. The molecule has 1 atom stereocenters. The Labute approximate surface area is 124 Å². The molecular weight excluding hydrogens is 264 g/mol. The van der Waals surface area contributed by atoms with Crippen LogP contribution in [0.5, 0.6) is 11.5 Å². The Hall–Kier alpha value is -2.29. The quantitative estimate of drug-likeness (QED) is 0.809. The van der Waals surface area contributed by atoms with Gasteiger partial charge in [0.15, 0.2) is 5.78 Å². The fraction of sp³-hybridized carbons (Fsp3) is 0.278. The summed E-state index contributed by atoms with van der Waals surface area (Å²) in [7, 11) is 1.63. The normalized spacial score (nSPS) is 16.8. The highest BCUT2D eigenvalue weighted by molar-refractivity contribution is 5.99. The van der Waals surface area contributed by atoms with E-state index in [4.69, 9.17) is 9.47 Å². The minimum atomic E-state index is -0.119. The van der Waals surface area contributed by atoms with Crippen molar-refractivity contribution in [2.75, 3.05) is 13.7 Å². The third kappa shape index (κ3) is 2.64. The first-order valence-electron chi connectivity index (χ1n) is 7.08. The van der Waals surface area contributed by atoms with E-state index in [-0.39, 0.29) is 11.7 Å². The van der Waals surface area contributed by atoms with E-state index in [0.717, 1.165) is 34.6 Å². The summed E-state index contributed by atoms with van der Waals surface area (Å²) < 4.78 is 10.9. The fourth-order valence-electron chi connectivity index (χ4n) is 2.76. The first kappa shape index (κ1) is 13.7. The van der Waals surface area contributed by atoms with Crippen molar-refractivity contribution in [3.63, 3.8) is 0 Å². The second kappa shape index (κ2) is 5.60. The van der Waals surface area contributed by atoms with Crippen molar-refractivity contribution in [2.24, 2.45) is 5.92 Å². The van der Waals surface area contributed by atoms with E-state index in [1.165, 1.54) is 0 Å². The topological polar surface area (TPSA) is 35.5 Å². The third-order valence-corrected chi connectivity index (χ3v) is 3.95. The Morgan fingerprint density at radius 3 is 2.81 bits per heavy atom. The predicted molar refractivity (Wildman–Crippen MR) is 81.2 cm³/mol. The lowest BCUT2D eigenvalue weighted by Gasteiger charge is -2.24. The van der Waals surface area contributed by atoms with Crippen molar-refractivity contribution in [3.05, 3.63) is 59.2 Å². The van der Waals surface area contributed by atoms with E-state index in [1.807, 2.05) is 49.4 Å². The molecule has 1 unspecified atom stereocenters. The molecule has 3 heteroatoms. The van der Waals surface area contributed by atoms with Gasteiger partial charge in [0.05, 0.1) is 19.6 Å². The molecule has 2 aromatic rings. The van der Waals surface area contributed by atoms with Crippen LogP contribution in [0.1, 0.15) is 21.5 Å². The summed E-state index contributed by atoms with van der Waals surface area (Å²) in [5.74, 6) is 1.69. The average Bonchev–Trinajstić information content (AvgIpc) is 2.53. The van der Waals surface area contributed by atoms with Gasteiger partial charge in [-0.05, 0) is 48.7 Å². The van der Waals surface area contributed by atoms with Crippen molar-refractivity contribution < 1.29 is 14.3 Å². The maximum Gasteiger partial charge on any atom is 0.169 e. The SMILES string of the molecule is COc1ccc(C(=O)C2COc3ccccc3C2)c(C)c1. The van der Waals surface area contributed by atoms with Gasteiger partial charge in [-0.15, -0.1) is 0 Å². The average molecular weight is 282 g/mol. The van der Waals surface area contributed by atoms with E-state index in [1.54, 1.807) is 7.11 Å². The van der Waals surface area contributed by atoms with Crippen LogP contribution >= 0.6 is 0 Å². The molecule has 0 N–H and O–H groups in total. The molecule has 0 bridgehead atoms. The minimum Gasteiger partial charge on any atom is -0.497 e. The van der Waals surface area contributed by atoms with Crippen LogP contribution in [0, 0.1) is 12.8 Å². The lowest BCUT2D eigenvalue weighted by molar-refractivity contribution is 0.0854. The van der Waals surface area contributed by atoms with Gasteiger partial charge in [0, 0.05) is 5.56 Å². The second-order valence-corrected chi connectivity index (χ2v) is 5.36. The highest BCUT2D eigenvalue weighted by Crippen LogP contribution is 2.29. The van der Waals surface area contributed by atoms with Crippen molar-refractivity contribution in [1.29, 1.82) is 0 Å². The van der Waals surface area contributed by atoms with Gasteiger partial charge in [-0.1, -0.05) is 18.2 Å². The molecule has 0 aliphatic carbocycles. The first-order chi connectivity index (χ1) is 10.2. The van der Waals surface area contributed by atoms with Gasteiger partial charge < -0.3 is 9.47 Å². The van der Waals surface area contributed by atoms with Gasteiger partial charge in [-0.25, -0.2) is 0 Å². The molecule has 0 amide bonds. The van der Waals surface area contributed by atoms with E-state index in [2.05, 4.69) is 0 Å². The number of rotatable bonds is 3. The fourth-order valence-corrected chi connectivity index (χ4v) is 2.76. The van der Waals surface area contributed by atoms with E-state index in [9.17, 15) is 4.79 Å². The first-order valence-corrected chi connectivity index (χ1v) is 7.08. The van der Waals surface area contributed by atoms with Gasteiger partial charge in [-0.2, -0.15) is 0 Å². The summed E-state index contributed by atoms with van der Waals surface area (Å²) in [6.45, 7) is 2.38. The zero-order chi connectivity index (χ0) is 14.8. The molecule has 0 saturated heterocycles. The number of ketones is 1. The highest BCUT2D eigenvalue weighted by Gasteiger charge is 2.27. The molecule has 108 valence electrons. The summed E-state index contributed by atoms with van der Waals surface area (Å²) in [5, 5.41) is 0. The van der Waals surface area contributed by atoms with Crippen LogP contribution in [-0.2, 0) is 6.42 Å². The number of para-hydroxylation sites is 1. The number of hydrogen-bond donors (Lipinski definition) is 0. The van der Waals surface area contributed by atoms with Crippen LogP contribution in [0.4, 0.5) is 0 Å². The molecule has 0 fully saturated rings. The number of methoxy groups -OCH3 is 1. The zero-order valence-corrected chi connectivity index (χ0v) is 12.3. The smallest absolute Gasteiger partial charge is 0.169 e. The standard InChI is InChI=1S/C18H18O3/c1-12-9-15(20-2)7-8-16(12)18(19)14-10-13-5-3-4-6-17(13)21-11-14/h3-9,14H,10-11H2,1-2H3. The number of aryl methyl sites for hydroxylation is 1. The monoisotopic (exact) mass is 282 g/mol. The van der Waals surface area contributed by atoms with Crippen molar-refractivity contribution >= 4 is 5.78 Å². The number of ether oxygens (including phenoxy) is 2. The van der Waals surface area contributed by atoms with E-state index >= 15 is 0 Å². The summed E-state index contributed by atoms with van der Waals surface area (Å²) in [4.78, 5) is 12.7. The summed E-state index contributed by atoms with van der Waals surface area (Å²) in [5.41, 5.74) is 2.80. The molecule has 0 aromatic heterocycles. The molecule has 0 spiro atoms. The van der Waals surface area contributed by atoms with Crippen LogP contribution in [0.15, 0.2) is 42.5 Å². The molecule has 1 aliphatic rings. The van der Waals surface area contributed by atoms with E-state index in [0.29, 0.717) is 6.61 Å². The molecule has 3 rings (SSSR count). The number of benzene rings is 2. The minimum absolute atomic E-state index is 0.119. The summed E-state index contributed by atoms with van der Waals surface area (Å²) >= 11 is 0. The Bertz CT molecular complexity index is 676. The van der Waals surface area contributed by atoms with Gasteiger partial charge in [-0.3, -0.25) is 4.79 Å². The molecular formula is C18H18O3. The van der Waals surface area contributed by atoms with Crippen molar-refractivity contribution in [2.45, 2.75) is 13.3 Å². The van der Waals surface area contributed by atoms with Crippen LogP contribution in [-0.4, -0.2) is 19.5 Å². The van der Waals surface area contributed by atoms with E-state index < -0.39 is 0 Å². The number of fused-ring (bicyclic) bond motifs is 1.